The normalized spacial score (nSPS) is 30.0. The minimum absolute atomic E-state index is 0.0139. The van der Waals surface area contributed by atoms with Gasteiger partial charge in [-0.2, -0.15) is 0 Å². The lowest BCUT2D eigenvalue weighted by Crippen LogP contribution is -2.29. The number of aromatic nitrogens is 4. The molecular weight excluding hydrogens is 560 g/mol. The highest BCUT2D eigenvalue weighted by molar-refractivity contribution is 6.13. The molecule has 2 aliphatic heterocycles. The second kappa shape index (κ2) is 8.21. The summed E-state index contributed by atoms with van der Waals surface area (Å²) in [4.78, 5) is 57.3. The minimum atomic E-state index is -0.314. The van der Waals surface area contributed by atoms with Gasteiger partial charge in [0.05, 0.1) is 34.6 Å². The van der Waals surface area contributed by atoms with Crippen molar-refractivity contribution in [2.24, 2.45) is 23.7 Å². The molecule has 218 valence electrons. The van der Waals surface area contributed by atoms with E-state index in [0.717, 1.165) is 85.5 Å². The zero-order chi connectivity index (χ0) is 29.7. The van der Waals surface area contributed by atoms with Gasteiger partial charge in [0.1, 0.15) is 17.3 Å². The largest absolute Gasteiger partial charge is 0.355 e. The number of ketones is 3. The van der Waals surface area contributed by atoms with Crippen LogP contribution in [0.3, 0.4) is 0 Å². The number of aromatic amines is 2. The van der Waals surface area contributed by atoms with Crippen molar-refractivity contribution in [3.8, 4) is 0 Å². The second-order valence-corrected chi connectivity index (χ2v) is 13.9. The Kier molecular flexibility index (Phi) is 4.46. The maximum Gasteiger partial charge on any atom is 0.145 e. The summed E-state index contributed by atoms with van der Waals surface area (Å²) >= 11 is 0. The zero-order valence-corrected chi connectivity index (χ0v) is 24.4. The Labute approximate surface area is 257 Å². The Bertz CT molecular complexity index is 2310. The summed E-state index contributed by atoms with van der Waals surface area (Å²) in [5.41, 5.74) is 13.8. The molecule has 3 aromatic rings. The quantitative estimate of drug-likeness (QED) is 0.287. The first-order valence-electron chi connectivity index (χ1n) is 16.2. The Morgan fingerprint density at radius 2 is 1.16 bits per heavy atom. The van der Waals surface area contributed by atoms with Crippen LogP contribution >= 0.6 is 0 Å². The van der Waals surface area contributed by atoms with Gasteiger partial charge in [-0.25, -0.2) is 9.97 Å². The molecule has 9 aliphatic carbocycles. The highest BCUT2D eigenvalue weighted by Crippen LogP contribution is 2.54. The van der Waals surface area contributed by atoms with Crippen LogP contribution in [0.2, 0.25) is 0 Å². The second-order valence-electron chi connectivity index (χ2n) is 13.9. The molecule has 0 saturated heterocycles. The van der Waals surface area contributed by atoms with E-state index in [9.17, 15) is 14.4 Å². The van der Waals surface area contributed by atoms with Gasteiger partial charge in [0, 0.05) is 59.1 Å². The number of nitrogens with zero attached hydrogens (tertiary/aromatic N) is 2. The predicted molar refractivity (Wildman–Crippen MR) is 170 cm³/mol. The SMILES string of the molecule is O=C1CC2C=CC1C1=C2c2cc3ccc(cc4[nH]c(cc5nc(cc1n2)C1=C5C2C=CC1CC2=O)c1c4C2CCC1CC2=O)[nH]3. The fourth-order valence-electron chi connectivity index (χ4n) is 9.71. The summed E-state index contributed by atoms with van der Waals surface area (Å²) < 4.78 is 0. The Morgan fingerprint density at radius 3 is 1.82 bits per heavy atom. The molecule has 0 amide bonds. The molecule has 45 heavy (non-hydrogen) atoms. The van der Waals surface area contributed by atoms with Crippen LogP contribution in [0.15, 0.2) is 60.7 Å². The number of hydrogen-bond acceptors (Lipinski definition) is 5. The van der Waals surface area contributed by atoms with Gasteiger partial charge in [-0.05, 0) is 88.6 Å². The van der Waals surface area contributed by atoms with E-state index in [4.69, 9.17) is 9.97 Å². The molecule has 5 heterocycles. The molecule has 14 bridgehead atoms. The first kappa shape index (κ1) is 24.4. The van der Waals surface area contributed by atoms with Crippen molar-refractivity contribution >= 4 is 61.7 Å². The third-order valence-corrected chi connectivity index (χ3v) is 11.6. The van der Waals surface area contributed by atoms with E-state index >= 15 is 0 Å². The van der Waals surface area contributed by atoms with Crippen molar-refractivity contribution in [3.05, 3.63) is 94.6 Å². The Balaban J connectivity index is 1.27. The molecule has 6 atom stereocenters. The summed E-state index contributed by atoms with van der Waals surface area (Å²) in [6, 6.07) is 12.6. The van der Waals surface area contributed by atoms with E-state index in [1.54, 1.807) is 0 Å². The molecule has 7 nitrogen and oxygen atoms in total. The summed E-state index contributed by atoms with van der Waals surface area (Å²) in [6.07, 6.45) is 11.9. The van der Waals surface area contributed by atoms with Gasteiger partial charge in [0.15, 0.2) is 0 Å². The Morgan fingerprint density at radius 1 is 0.556 bits per heavy atom. The van der Waals surface area contributed by atoms with E-state index in [1.165, 1.54) is 5.56 Å². The van der Waals surface area contributed by atoms with Crippen LogP contribution in [0, 0.1) is 23.7 Å². The third kappa shape index (κ3) is 3.13. The first-order chi connectivity index (χ1) is 22.0. The van der Waals surface area contributed by atoms with Crippen LogP contribution in [-0.4, -0.2) is 37.3 Å². The topological polar surface area (TPSA) is 109 Å². The highest BCUT2D eigenvalue weighted by atomic mass is 16.1. The lowest BCUT2D eigenvalue weighted by molar-refractivity contribution is -0.123. The Hall–Kier alpha value is -4.91. The standard InChI is InChI=1S/C38H28N4O3/c43-30-10-17-2-6-21(30)36-25-13-20-5-4-19(39-20)12-24-33-16-1-7-22(31(44)9-16)37(33)28(40-24)15-27-35-18-3-8-23(32(45)11-18)38(35)29(42-27)14-26(41-25)34(17)36/h1,3-5,7-8,12-18,21-23,39,41H,2,6,9-11H2. The van der Waals surface area contributed by atoms with Gasteiger partial charge in [-0.3, -0.25) is 14.4 Å². The van der Waals surface area contributed by atoms with Gasteiger partial charge in [0.25, 0.3) is 0 Å². The predicted octanol–water partition coefficient (Wildman–Crippen LogP) is 6.62. The van der Waals surface area contributed by atoms with Gasteiger partial charge in [-0.1, -0.05) is 24.3 Å². The van der Waals surface area contributed by atoms with E-state index in [-0.39, 0.29) is 47.1 Å². The van der Waals surface area contributed by atoms with E-state index in [2.05, 4.69) is 64.6 Å². The van der Waals surface area contributed by atoms with Crippen molar-refractivity contribution in [1.82, 2.24) is 19.9 Å². The van der Waals surface area contributed by atoms with Crippen molar-refractivity contribution in [3.63, 3.8) is 0 Å². The van der Waals surface area contributed by atoms with Gasteiger partial charge < -0.3 is 9.97 Å². The molecule has 0 radical (unpaired) electrons. The van der Waals surface area contributed by atoms with E-state index < -0.39 is 0 Å². The van der Waals surface area contributed by atoms with Crippen LogP contribution < -0.4 is 0 Å². The van der Waals surface area contributed by atoms with Crippen molar-refractivity contribution in [2.45, 2.75) is 43.9 Å². The van der Waals surface area contributed by atoms with Gasteiger partial charge >= 0.3 is 0 Å². The third-order valence-electron chi connectivity index (χ3n) is 11.6. The molecule has 11 aliphatic rings. The molecule has 0 aromatic carbocycles. The average Bonchev–Trinajstić information content (AvgIpc) is 3.81. The molecule has 2 N–H and O–H groups in total. The van der Waals surface area contributed by atoms with Crippen molar-refractivity contribution in [1.29, 1.82) is 0 Å². The number of allylic oxidation sites excluding steroid dienone is 8. The van der Waals surface area contributed by atoms with Crippen LogP contribution in [0.5, 0.6) is 0 Å². The van der Waals surface area contributed by atoms with Gasteiger partial charge in [-0.15, -0.1) is 0 Å². The van der Waals surface area contributed by atoms with Crippen LogP contribution in [-0.2, 0) is 14.4 Å². The number of Topliss-reactive ketones (excluding diaryl/α,β-unsaturated/α-hetero) is 3. The monoisotopic (exact) mass is 588 g/mol. The number of fused-ring (bicyclic) bond motifs is 12. The number of carbonyl (C=O) groups excluding carboxylic acids is 3. The summed E-state index contributed by atoms with van der Waals surface area (Å²) in [6.45, 7) is 0. The van der Waals surface area contributed by atoms with E-state index in [1.807, 2.05) is 6.08 Å². The fourth-order valence-corrected chi connectivity index (χ4v) is 9.71. The number of nitrogens with one attached hydrogen (secondary N) is 2. The highest BCUT2D eigenvalue weighted by Gasteiger charge is 2.45. The summed E-state index contributed by atoms with van der Waals surface area (Å²) in [7, 11) is 0. The van der Waals surface area contributed by atoms with Crippen LogP contribution in [0.25, 0.3) is 44.4 Å². The summed E-state index contributed by atoms with van der Waals surface area (Å²) in [5, 5.41) is 0. The minimum Gasteiger partial charge on any atom is -0.355 e. The summed E-state index contributed by atoms with van der Waals surface area (Å²) in [5.74, 6) is 0.287. The lowest BCUT2D eigenvalue weighted by Gasteiger charge is -2.35. The molecule has 1 fully saturated rings. The molecular formula is C38H28N4O3. The fraction of sp³-hybridized carbons (Fsp3) is 0.289. The van der Waals surface area contributed by atoms with Crippen molar-refractivity contribution < 1.29 is 14.4 Å². The van der Waals surface area contributed by atoms with Crippen molar-refractivity contribution in [2.75, 3.05) is 0 Å². The molecule has 7 heteroatoms. The lowest BCUT2D eigenvalue weighted by atomic mass is 9.67. The zero-order valence-electron chi connectivity index (χ0n) is 24.4. The first-order valence-corrected chi connectivity index (χ1v) is 16.2. The van der Waals surface area contributed by atoms with Gasteiger partial charge in [0.2, 0.25) is 0 Å². The molecule has 0 spiro atoms. The van der Waals surface area contributed by atoms with E-state index in [0.29, 0.717) is 25.0 Å². The van der Waals surface area contributed by atoms with Crippen LogP contribution in [0.1, 0.15) is 77.8 Å². The number of hydrogen-bond donors (Lipinski definition) is 2. The molecule has 14 rings (SSSR count). The maximum atomic E-state index is 13.3. The molecule has 1 saturated carbocycles. The van der Waals surface area contributed by atoms with Crippen LogP contribution in [0.4, 0.5) is 0 Å². The maximum absolute atomic E-state index is 13.3. The average molecular weight is 589 g/mol. The number of H-pyrrole nitrogens is 2. The number of carbonyl (C=O) groups is 3. The smallest absolute Gasteiger partial charge is 0.145 e. The molecule has 3 aromatic heterocycles. The number of rotatable bonds is 0. The molecule has 6 unspecified atom stereocenters.